The SMILES string of the molecule is Cn1c(=O)n(C2CCOCC2)c2c3cc(-c4ccc(COCCN5CCC(F)CC5)nc4)ccc3nnc21. The molecule has 0 amide bonds. The van der Waals surface area contributed by atoms with E-state index in [0.29, 0.717) is 44.9 Å². The lowest BCUT2D eigenvalue weighted by atomic mass is 10.0. The van der Waals surface area contributed by atoms with Gasteiger partial charge in [0.25, 0.3) is 0 Å². The first kappa shape index (κ1) is 25.1. The zero-order valence-electron chi connectivity index (χ0n) is 21.7. The summed E-state index contributed by atoms with van der Waals surface area (Å²) < 4.78 is 28.1. The molecule has 0 spiro atoms. The minimum Gasteiger partial charge on any atom is -0.381 e. The fourth-order valence-electron chi connectivity index (χ4n) is 5.53. The molecule has 10 heteroatoms. The Balaban J connectivity index is 1.21. The molecule has 0 saturated carbocycles. The zero-order chi connectivity index (χ0) is 26.1. The number of hydrogen-bond acceptors (Lipinski definition) is 7. The van der Waals surface area contributed by atoms with Crippen LogP contribution in [0.3, 0.4) is 0 Å². The molecular formula is C28H33FN6O3. The number of imidazole rings is 1. The molecule has 0 radical (unpaired) electrons. The van der Waals surface area contributed by atoms with E-state index >= 15 is 0 Å². The minimum absolute atomic E-state index is 0.0722. The third-order valence-electron chi connectivity index (χ3n) is 7.80. The Bertz CT molecular complexity index is 1470. The second-order valence-electron chi connectivity index (χ2n) is 10.3. The molecule has 0 bridgehead atoms. The van der Waals surface area contributed by atoms with Gasteiger partial charge in [0.15, 0.2) is 5.65 Å². The highest BCUT2D eigenvalue weighted by atomic mass is 19.1. The number of rotatable bonds is 7. The summed E-state index contributed by atoms with van der Waals surface area (Å²) in [5.41, 5.74) is 4.93. The Morgan fingerprint density at radius 3 is 2.61 bits per heavy atom. The van der Waals surface area contributed by atoms with E-state index in [9.17, 15) is 9.18 Å². The highest BCUT2D eigenvalue weighted by Gasteiger charge is 2.24. The van der Waals surface area contributed by atoms with Gasteiger partial charge < -0.3 is 14.4 Å². The van der Waals surface area contributed by atoms with Gasteiger partial charge in [-0.2, -0.15) is 0 Å². The molecule has 2 aliphatic rings. The Kier molecular flexibility index (Phi) is 7.18. The van der Waals surface area contributed by atoms with E-state index in [2.05, 4.69) is 26.1 Å². The van der Waals surface area contributed by atoms with Crippen molar-refractivity contribution in [2.24, 2.45) is 7.05 Å². The van der Waals surface area contributed by atoms with Crippen LogP contribution in [-0.2, 0) is 23.1 Å². The summed E-state index contributed by atoms with van der Waals surface area (Å²) in [4.78, 5) is 20.1. The van der Waals surface area contributed by atoms with Gasteiger partial charge in [-0.05, 0) is 49.4 Å². The smallest absolute Gasteiger partial charge is 0.330 e. The fourth-order valence-corrected chi connectivity index (χ4v) is 5.53. The van der Waals surface area contributed by atoms with Gasteiger partial charge in [0.1, 0.15) is 11.7 Å². The molecule has 2 aliphatic heterocycles. The first-order valence-corrected chi connectivity index (χ1v) is 13.4. The van der Waals surface area contributed by atoms with Crippen molar-refractivity contribution in [3.63, 3.8) is 0 Å². The van der Waals surface area contributed by atoms with Crippen LogP contribution >= 0.6 is 0 Å². The highest BCUT2D eigenvalue weighted by molar-refractivity contribution is 6.02. The van der Waals surface area contributed by atoms with E-state index in [1.807, 2.05) is 35.0 Å². The summed E-state index contributed by atoms with van der Waals surface area (Å²) in [5, 5.41) is 9.68. The van der Waals surface area contributed by atoms with Crippen LogP contribution in [-0.4, -0.2) is 74.8 Å². The maximum Gasteiger partial charge on any atom is 0.330 e. The van der Waals surface area contributed by atoms with E-state index in [-0.39, 0.29) is 11.7 Å². The van der Waals surface area contributed by atoms with Crippen molar-refractivity contribution in [2.45, 2.75) is 44.5 Å². The minimum atomic E-state index is -0.652. The molecule has 2 fully saturated rings. The van der Waals surface area contributed by atoms with E-state index < -0.39 is 6.17 Å². The van der Waals surface area contributed by atoms with E-state index in [4.69, 9.17) is 9.47 Å². The monoisotopic (exact) mass is 520 g/mol. The maximum absolute atomic E-state index is 13.3. The van der Waals surface area contributed by atoms with Gasteiger partial charge in [-0.15, -0.1) is 10.2 Å². The van der Waals surface area contributed by atoms with Crippen LogP contribution in [0.1, 0.15) is 37.4 Å². The van der Waals surface area contributed by atoms with Gasteiger partial charge in [-0.25, -0.2) is 9.18 Å². The summed E-state index contributed by atoms with van der Waals surface area (Å²) in [7, 11) is 1.75. The molecule has 4 aromatic rings. The van der Waals surface area contributed by atoms with Crippen molar-refractivity contribution in [3.05, 3.63) is 52.7 Å². The van der Waals surface area contributed by atoms with E-state index in [1.54, 1.807) is 11.6 Å². The molecule has 1 aromatic carbocycles. The number of aryl methyl sites for hydroxylation is 1. The summed E-state index contributed by atoms with van der Waals surface area (Å²) in [5.74, 6) is 0. The number of hydrogen-bond donors (Lipinski definition) is 0. The Morgan fingerprint density at radius 1 is 1.05 bits per heavy atom. The molecule has 0 unspecified atom stereocenters. The van der Waals surface area contributed by atoms with Crippen LogP contribution in [0.2, 0.25) is 0 Å². The molecule has 200 valence electrons. The van der Waals surface area contributed by atoms with Crippen molar-refractivity contribution in [1.82, 2.24) is 29.2 Å². The van der Waals surface area contributed by atoms with Crippen LogP contribution in [0.25, 0.3) is 33.2 Å². The van der Waals surface area contributed by atoms with Crippen LogP contribution in [0.4, 0.5) is 4.39 Å². The standard InChI is InChI=1S/C28H33FN6O3/c1-33-27-26(35(28(33)36)23-8-13-37-14-9-23)24-16-19(3-5-25(24)31-32-27)20-2-4-22(30-17-20)18-38-15-12-34-10-6-21(29)7-11-34/h2-5,16-17,21,23H,6-15,18H2,1H3. The van der Waals surface area contributed by atoms with E-state index in [0.717, 1.165) is 65.7 Å². The van der Waals surface area contributed by atoms with Gasteiger partial charge in [-0.1, -0.05) is 12.1 Å². The van der Waals surface area contributed by atoms with Crippen molar-refractivity contribution in [3.8, 4) is 11.1 Å². The summed E-state index contributed by atoms with van der Waals surface area (Å²) in [6.07, 6.45) is 4.04. The predicted octanol–water partition coefficient (Wildman–Crippen LogP) is 3.65. The molecular weight excluding hydrogens is 487 g/mol. The lowest BCUT2D eigenvalue weighted by Crippen LogP contribution is -2.36. The largest absolute Gasteiger partial charge is 0.381 e. The number of pyridine rings is 1. The molecule has 2 saturated heterocycles. The van der Waals surface area contributed by atoms with Gasteiger partial charge in [0.2, 0.25) is 0 Å². The van der Waals surface area contributed by atoms with E-state index in [1.165, 1.54) is 0 Å². The number of halogens is 1. The lowest BCUT2D eigenvalue weighted by Gasteiger charge is -2.28. The molecule has 6 rings (SSSR count). The Morgan fingerprint density at radius 2 is 1.84 bits per heavy atom. The Labute approximate surface area is 220 Å². The Hall–Kier alpha value is -3.21. The third-order valence-corrected chi connectivity index (χ3v) is 7.80. The zero-order valence-corrected chi connectivity index (χ0v) is 21.7. The van der Waals surface area contributed by atoms with Gasteiger partial charge in [0, 0.05) is 63.1 Å². The number of fused-ring (bicyclic) bond motifs is 3. The maximum atomic E-state index is 13.3. The predicted molar refractivity (Wildman–Crippen MR) is 143 cm³/mol. The number of likely N-dealkylation sites (tertiary alicyclic amines) is 1. The lowest BCUT2D eigenvalue weighted by molar-refractivity contribution is 0.0697. The fraction of sp³-hybridized carbons (Fsp3) is 0.500. The molecule has 3 aromatic heterocycles. The summed E-state index contributed by atoms with van der Waals surface area (Å²) in [6, 6.07) is 10.1. The number of ether oxygens (including phenoxy) is 2. The number of piperidine rings is 1. The molecule has 9 nitrogen and oxygen atoms in total. The molecule has 38 heavy (non-hydrogen) atoms. The third kappa shape index (κ3) is 4.95. The van der Waals surface area contributed by atoms with Crippen molar-refractivity contribution >= 4 is 22.1 Å². The topological polar surface area (TPSA) is 87.3 Å². The van der Waals surface area contributed by atoms with Crippen LogP contribution in [0.15, 0.2) is 41.3 Å². The number of nitrogens with zero attached hydrogens (tertiary/aromatic N) is 6. The second kappa shape index (κ2) is 10.9. The average Bonchev–Trinajstić information content (AvgIpc) is 3.22. The first-order valence-electron chi connectivity index (χ1n) is 13.4. The average molecular weight is 521 g/mol. The second-order valence-corrected chi connectivity index (χ2v) is 10.3. The molecule has 0 aliphatic carbocycles. The molecule has 5 heterocycles. The molecule has 0 N–H and O–H groups in total. The highest BCUT2D eigenvalue weighted by Crippen LogP contribution is 2.31. The normalized spacial score (nSPS) is 18.1. The van der Waals surface area contributed by atoms with Crippen LogP contribution in [0.5, 0.6) is 0 Å². The van der Waals surface area contributed by atoms with Crippen molar-refractivity contribution < 1.29 is 13.9 Å². The summed E-state index contributed by atoms with van der Waals surface area (Å²) in [6.45, 7) is 4.76. The number of benzene rings is 1. The van der Waals surface area contributed by atoms with Crippen LogP contribution < -0.4 is 5.69 Å². The van der Waals surface area contributed by atoms with Gasteiger partial charge in [0.05, 0.1) is 24.4 Å². The number of aromatic nitrogens is 5. The van der Waals surface area contributed by atoms with Crippen molar-refractivity contribution in [2.75, 3.05) is 39.5 Å². The number of alkyl halides is 1. The van der Waals surface area contributed by atoms with Gasteiger partial charge in [-0.3, -0.25) is 14.1 Å². The summed E-state index contributed by atoms with van der Waals surface area (Å²) >= 11 is 0. The quantitative estimate of drug-likeness (QED) is 0.344. The first-order chi connectivity index (χ1) is 18.6. The molecule has 0 atom stereocenters. The van der Waals surface area contributed by atoms with Gasteiger partial charge >= 0.3 is 5.69 Å². The van der Waals surface area contributed by atoms with Crippen molar-refractivity contribution in [1.29, 1.82) is 0 Å². The van der Waals surface area contributed by atoms with Crippen LogP contribution in [0, 0.1) is 0 Å².